The van der Waals surface area contributed by atoms with Crippen molar-refractivity contribution in [3.05, 3.63) is 29.8 Å². The maximum atomic E-state index is 8.77. The molecule has 0 atom stereocenters. The molecule has 20 heavy (non-hydrogen) atoms. The van der Waals surface area contributed by atoms with E-state index in [0.717, 1.165) is 29.7 Å². The van der Waals surface area contributed by atoms with E-state index in [1.807, 2.05) is 24.3 Å². The highest BCUT2D eigenvalue weighted by Gasteiger charge is 2.01. The van der Waals surface area contributed by atoms with Crippen LogP contribution in [0.2, 0.25) is 0 Å². The van der Waals surface area contributed by atoms with Crippen LogP contribution in [0.4, 0.5) is 0 Å². The molecule has 0 unspecified atom stereocenters. The van der Waals surface area contributed by atoms with E-state index in [1.165, 1.54) is 38.5 Å². The van der Waals surface area contributed by atoms with Gasteiger partial charge in [-0.3, -0.25) is 0 Å². The molecule has 1 rings (SSSR count). The van der Waals surface area contributed by atoms with Gasteiger partial charge in [-0.15, -0.1) is 0 Å². The Hall–Kier alpha value is -1.01. The Morgan fingerprint density at radius 3 is 2.30 bits per heavy atom. The molecule has 3 heteroatoms. The Bertz CT molecular complexity index is 400. The minimum atomic E-state index is 0.420. The number of hydrogen-bond donors (Lipinski definition) is 0. The van der Waals surface area contributed by atoms with Gasteiger partial charge in [0.25, 0.3) is 0 Å². The lowest BCUT2D eigenvalue weighted by molar-refractivity contribution is 0.302. The summed E-state index contributed by atoms with van der Waals surface area (Å²) < 4.78 is 5.78. The van der Waals surface area contributed by atoms with Crippen molar-refractivity contribution in [2.24, 2.45) is 0 Å². The van der Waals surface area contributed by atoms with E-state index in [1.54, 1.807) is 0 Å². The third kappa shape index (κ3) is 7.55. The number of para-hydroxylation sites is 1. The maximum absolute atomic E-state index is 8.77. The Morgan fingerprint density at radius 2 is 1.60 bits per heavy atom. The van der Waals surface area contributed by atoms with Crippen molar-refractivity contribution >= 4 is 15.9 Å². The number of benzene rings is 1. The summed E-state index contributed by atoms with van der Waals surface area (Å²) in [4.78, 5) is 0. The highest BCUT2D eigenvalue weighted by Crippen LogP contribution is 2.18. The molecule has 0 aromatic heterocycles. The molecular formula is C17H24BrNO. The number of nitriles is 1. The van der Waals surface area contributed by atoms with Gasteiger partial charge in [-0.1, -0.05) is 66.2 Å². The molecule has 1 aromatic rings. The Morgan fingerprint density at radius 1 is 0.950 bits per heavy atom. The lowest BCUT2D eigenvalue weighted by Gasteiger charge is -2.09. The molecule has 0 amide bonds. The van der Waals surface area contributed by atoms with Crippen LogP contribution in [0.5, 0.6) is 5.75 Å². The number of hydrogen-bond acceptors (Lipinski definition) is 2. The van der Waals surface area contributed by atoms with Crippen LogP contribution in [0.25, 0.3) is 0 Å². The number of nitrogens with zero attached hydrogens (tertiary/aromatic N) is 1. The van der Waals surface area contributed by atoms with Gasteiger partial charge in [0.05, 0.1) is 19.1 Å². The Balaban J connectivity index is 2.08. The zero-order valence-electron chi connectivity index (χ0n) is 12.1. The average molecular weight is 338 g/mol. The van der Waals surface area contributed by atoms with Gasteiger partial charge in [-0.25, -0.2) is 0 Å². The van der Waals surface area contributed by atoms with E-state index in [4.69, 9.17) is 10.00 Å². The molecule has 0 saturated carbocycles. The van der Waals surface area contributed by atoms with E-state index >= 15 is 0 Å². The van der Waals surface area contributed by atoms with Crippen LogP contribution in [0.15, 0.2) is 24.3 Å². The minimum absolute atomic E-state index is 0.420. The second kappa shape index (κ2) is 11.8. The van der Waals surface area contributed by atoms with E-state index in [-0.39, 0.29) is 0 Å². The van der Waals surface area contributed by atoms with E-state index < -0.39 is 0 Å². The lowest BCUT2D eigenvalue weighted by atomic mass is 10.1. The zero-order chi connectivity index (χ0) is 14.5. The number of halogens is 1. The summed E-state index contributed by atoms with van der Waals surface area (Å²) in [5, 5.41) is 9.89. The molecule has 0 spiro atoms. The van der Waals surface area contributed by atoms with Gasteiger partial charge in [0.2, 0.25) is 0 Å². The summed E-state index contributed by atoms with van der Waals surface area (Å²) in [5.41, 5.74) is 0.991. The highest BCUT2D eigenvalue weighted by atomic mass is 79.9. The van der Waals surface area contributed by atoms with Crippen LogP contribution in [0, 0.1) is 11.3 Å². The summed E-state index contributed by atoms with van der Waals surface area (Å²) in [5.74, 6) is 0.867. The largest absolute Gasteiger partial charge is 0.493 e. The minimum Gasteiger partial charge on any atom is -0.493 e. The molecule has 0 heterocycles. The van der Waals surface area contributed by atoms with Gasteiger partial charge in [-0.2, -0.15) is 5.26 Å². The average Bonchev–Trinajstić information content (AvgIpc) is 2.47. The normalized spacial score (nSPS) is 10.2. The van der Waals surface area contributed by atoms with Gasteiger partial charge < -0.3 is 4.74 Å². The van der Waals surface area contributed by atoms with Gasteiger partial charge in [0.15, 0.2) is 0 Å². The second-order valence-corrected chi connectivity index (χ2v) is 5.75. The number of ether oxygens (including phenoxy) is 1. The van der Waals surface area contributed by atoms with Gasteiger partial charge in [0.1, 0.15) is 5.75 Å². The third-order valence-electron chi connectivity index (χ3n) is 3.28. The molecule has 0 fully saturated rings. The second-order valence-electron chi connectivity index (χ2n) is 4.95. The van der Waals surface area contributed by atoms with Crippen molar-refractivity contribution in [2.45, 2.75) is 51.4 Å². The first kappa shape index (κ1) is 17.0. The predicted molar refractivity (Wildman–Crippen MR) is 87.4 cm³/mol. The Labute approximate surface area is 131 Å². The topological polar surface area (TPSA) is 33.0 Å². The summed E-state index contributed by atoms with van der Waals surface area (Å²) in [6.45, 7) is 0.754. The smallest absolute Gasteiger partial charge is 0.123 e. The SMILES string of the molecule is N#CCc1ccccc1OCCCCCCCCCBr. The molecule has 0 radical (unpaired) electrons. The first-order valence-corrected chi connectivity index (χ1v) is 8.64. The summed E-state index contributed by atoms with van der Waals surface area (Å²) in [6, 6.07) is 10.00. The molecule has 0 saturated heterocycles. The van der Waals surface area contributed by atoms with E-state index in [2.05, 4.69) is 22.0 Å². The monoisotopic (exact) mass is 337 g/mol. The molecule has 2 nitrogen and oxygen atoms in total. The molecular weight excluding hydrogens is 314 g/mol. The van der Waals surface area contributed by atoms with Crippen molar-refractivity contribution in [2.75, 3.05) is 11.9 Å². The zero-order valence-corrected chi connectivity index (χ0v) is 13.7. The molecule has 0 aliphatic carbocycles. The molecule has 1 aromatic carbocycles. The van der Waals surface area contributed by atoms with Crippen molar-refractivity contribution in [3.8, 4) is 11.8 Å². The fourth-order valence-electron chi connectivity index (χ4n) is 2.14. The van der Waals surface area contributed by atoms with Crippen LogP contribution in [0.1, 0.15) is 50.5 Å². The summed E-state index contributed by atoms with van der Waals surface area (Å²) in [6.07, 6.45) is 9.35. The van der Waals surface area contributed by atoms with Crippen LogP contribution in [0.3, 0.4) is 0 Å². The summed E-state index contributed by atoms with van der Waals surface area (Å²) >= 11 is 3.46. The van der Waals surface area contributed by atoms with Gasteiger partial charge in [0, 0.05) is 10.9 Å². The van der Waals surface area contributed by atoms with Crippen LogP contribution in [-0.2, 0) is 6.42 Å². The predicted octanol–water partition coefficient (Wildman–Crippen LogP) is 5.26. The van der Waals surface area contributed by atoms with Crippen LogP contribution >= 0.6 is 15.9 Å². The third-order valence-corrected chi connectivity index (χ3v) is 3.84. The standard InChI is InChI=1S/C17H24BrNO/c18-13-8-4-2-1-3-5-9-15-20-17-11-7-6-10-16(17)12-14-19/h6-7,10-11H,1-5,8-9,12-13,15H2. The molecule has 0 aliphatic heterocycles. The number of rotatable bonds is 11. The van der Waals surface area contributed by atoms with Crippen LogP contribution < -0.4 is 4.74 Å². The van der Waals surface area contributed by atoms with Crippen molar-refractivity contribution < 1.29 is 4.74 Å². The molecule has 110 valence electrons. The van der Waals surface area contributed by atoms with Crippen molar-refractivity contribution in [1.82, 2.24) is 0 Å². The Kier molecular flexibility index (Phi) is 10.0. The van der Waals surface area contributed by atoms with Crippen LogP contribution in [-0.4, -0.2) is 11.9 Å². The fraction of sp³-hybridized carbons (Fsp3) is 0.588. The summed E-state index contributed by atoms with van der Waals surface area (Å²) in [7, 11) is 0. The lowest BCUT2D eigenvalue weighted by Crippen LogP contribution is -2.00. The first-order valence-electron chi connectivity index (χ1n) is 7.52. The maximum Gasteiger partial charge on any atom is 0.123 e. The van der Waals surface area contributed by atoms with Crippen molar-refractivity contribution in [1.29, 1.82) is 5.26 Å². The number of unbranched alkanes of at least 4 members (excludes halogenated alkanes) is 6. The molecule has 0 bridgehead atoms. The highest BCUT2D eigenvalue weighted by molar-refractivity contribution is 9.09. The molecule has 0 N–H and O–H groups in total. The van der Waals surface area contributed by atoms with E-state index in [0.29, 0.717) is 6.42 Å². The molecule has 0 aliphatic rings. The fourth-order valence-corrected chi connectivity index (χ4v) is 2.53. The van der Waals surface area contributed by atoms with Gasteiger partial charge >= 0.3 is 0 Å². The van der Waals surface area contributed by atoms with Crippen molar-refractivity contribution in [3.63, 3.8) is 0 Å². The van der Waals surface area contributed by atoms with E-state index in [9.17, 15) is 0 Å². The number of alkyl halides is 1. The quantitative estimate of drug-likeness (QED) is 0.407. The first-order chi connectivity index (χ1) is 9.88. The van der Waals surface area contributed by atoms with Gasteiger partial charge in [-0.05, 0) is 18.9 Å².